The molecular formula is C21H31N3O4. The molecule has 0 bridgehead atoms. The first kappa shape index (κ1) is 19.5. The maximum atomic E-state index is 12.7. The summed E-state index contributed by atoms with van der Waals surface area (Å²) in [6, 6.07) is 4.06. The zero-order valence-corrected chi connectivity index (χ0v) is 16.8. The molecule has 7 nitrogen and oxygen atoms in total. The van der Waals surface area contributed by atoms with Gasteiger partial charge in [-0.05, 0) is 50.9 Å². The summed E-state index contributed by atoms with van der Waals surface area (Å²) < 4.78 is 11.0. The summed E-state index contributed by atoms with van der Waals surface area (Å²) in [5.74, 6) is 2.60. The van der Waals surface area contributed by atoms with E-state index in [1.165, 1.54) is 0 Å². The number of hydrogen-bond acceptors (Lipinski definition) is 5. The van der Waals surface area contributed by atoms with E-state index in [1.54, 1.807) is 0 Å². The summed E-state index contributed by atoms with van der Waals surface area (Å²) in [5.41, 5.74) is 0. The highest BCUT2D eigenvalue weighted by atomic mass is 16.5. The lowest BCUT2D eigenvalue weighted by atomic mass is 9.96. The van der Waals surface area contributed by atoms with Crippen LogP contribution in [0.4, 0.5) is 0 Å². The predicted octanol–water partition coefficient (Wildman–Crippen LogP) is 1.51. The fraction of sp³-hybridized carbons (Fsp3) is 0.714. The predicted molar refractivity (Wildman–Crippen MR) is 104 cm³/mol. The fourth-order valence-corrected chi connectivity index (χ4v) is 4.59. The van der Waals surface area contributed by atoms with E-state index >= 15 is 0 Å². The highest BCUT2D eigenvalue weighted by Gasteiger charge is 2.38. The van der Waals surface area contributed by atoms with Gasteiger partial charge in [0, 0.05) is 32.6 Å². The van der Waals surface area contributed by atoms with Crippen LogP contribution in [0.2, 0.25) is 0 Å². The topological polar surface area (TPSA) is 66.2 Å². The quantitative estimate of drug-likeness (QED) is 0.764. The van der Waals surface area contributed by atoms with E-state index in [0.29, 0.717) is 45.2 Å². The Morgan fingerprint density at radius 1 is 1.14 bits per heavy atom. The van der Waals surface area contributed by atoms with Crippen LogP contribution in [0.1, 0.15) is 30.8 Å². The summed E-state index contributed by atoms with van der Waals surface area (Å²) in [7, 11) is 0. The summed E-state index contributed by atoms with van der Waals surface area (Å²) in [5, 5.41) is 0. The molecule has 1 aromatic rings. The van der Waals surface area contributed by atoms with Gasteiger partial charge in [0.25, 0.3) is 0 Å². The first-order valence-electron chi connectivity index (χ1n) is 10.5. The van der Waals surface area contributed by atoms with Crippen molar-refractivity contribution in [3.63, 3.8) is 0 Å². The van der Waals surface area contributed by atoms with E-state index in [4.69, 9.17) is 9.15 Å². The Morgan fingerprint density at radius 2 is 1.89 bits per heavy atom. The van der Waals surface area contributed by atoms with Crippen LogP contribution < -0.4 is 0 Å². The molecule has 28 heavy (non-hydrogen) atoms. The molecule has 0 radical (unpaired) electrons. The third-order valence-corrected chi connectivity index (χ3v) is 6.25. The minimum absolute atomic E-state index is 0.128. The Morgan fingerprint density at radius 3 is 2.57 bits per heavy atom. The molecule has 3 fully saturated rings. The van der Waals surface area contributed by atoms with Crippen molar-refractivity contribution in [2.24, 2.45) is 11.8 Å². The molecule has 1 aromatic heterocycles. The largest absolute Gasteiger partial charge is 0.465 e. The van der Waals surface area contributed by atoms with Gasteiger partial charge in [-0.15, -0.1) is 0 Å². The highest BCUT2D eigenvalue weighted by molar-refractivity contribution is 5.89. The number of furan rings is 1. The fourth-order valence-electron chi connectivity index (χ4n) is 4.59. The van der Waals surface area contributed by atoms with Crippen LogP contribution in [0.15, 0.2) is 16.5 Å². The second-order valence-corrected chi connectivity index (χ2v) is 8.37. The van der Waals surface area contributed by atoms with Gasteiger partial charge in [-0.1, -0.05) is 0 Å². The molecule has 2 amide bonds. The number of morpholine rings is 1. The Hall–Kier alpha value is -1.86. The van der Waals surface area contributed by atoms with Gasteiger partial charge in [0.1, 0.15) is 11.5 Å². The molecule has 0 aliphatic carbocycles. The van der Waals surface area contributed by atoms with Crippen molar-refractivity contribution in [1.82, 2.24) is 14.7 Å². The van der Waals surface area contributed by atoms with Gasteiger partial charge in [-0.25, -0.2) is 0 Å². The van der Waals surface area contributed by atoms with E-state index in [-0.39, 0.29) is 17.7 Å². The van der Waals surface area contributed by atoms with E-state index in [2.05, 4.69) is 11.0 Å². The molecule has 1 unspecified atom stereocenters. The number of aryl methyl sites for hydroxylation is 1. The first-order valence-corrected chi connectivity index (χ1v) is 10.5. The number of hydrogen-bond donors (Lipinski definition) is 0. The minimum atomic E-state index is -0.173. The van der Waals surface area contributed by atoms with Crippen LogP contribution in [0.3, 0.4) is 0 Å². The third-order valence-electron chi connectivity index (χ3n) is 6.25. The molecule has 1 atom stereocenters. The lowest BCUT2D eigenvalue weighted by Gasteiger charge is -2.33. The molecule has 0 aromatic carbocycles. The van der Waals surface area contributed by atoms with Gasteiger partial charge >= 0.3 is 0 Å². The summed E-state index contributed by atoms with van der Waals surface area (Å²) in [6.07, 6.45) is 2.55. The molecule has 0 spiro atoms. The van der Waals surface area contributed by atoms with Crippen molar-refractivity contribution < 1.29 is 18.7 Å². The highest BCUT2D eigenvalue weighted by Crippen LogP contribution is 2.26. The lowest BCUT2D eigenvalue weighted by Crippen LogP contribution is -2.44. The van der Waals surface area contributed by atoms with Gasteiger partial charge in [0.2, 0.25) is 11.8 Å². The SMILES string of the molecule is Cc1ccc(CN2CCC(CN3CC(C(=O)N4CCOCC4)CC3=O)CC2)o1. The van der Waals surface area contributed by atoms with Crippen LogP contribution in [0, 0.1) is 18.8 Å². The molecule has 0 N–H and O–H groups in total. The van der Waals surface area contributed by atoms with Gasteiger partial charge in [-0.2, -0.15) is 0 Å². The van der Waals surface area contributed by atoms with Crippen LogP contribution in [0.5, 0.6) is 0 Å². The maximum Gasteiger partial charge on any atom is 0.228 e. The molecule has 3 saturated heterocycles. The van der Waals surface area contributed by atoms with Crippen LogP contribution >= 0.6 is 0 Å². The Balaban J connectivity index is 1.22. The number of carbonyl (C=O) groups is 2. The zero-order chi connectivity index (χ0) is 19.5. The van der Waals surface area contributed by atoms with Crippen molar-refractivity contribution in [3.05, 3.63) is 23.7 Å². The second kappa shape index (κ2) is 8.66. The molecule has 154 valence electrons. The normalized spacial score (nSPS) is 24.9. The third kappa shape index (κ3) is 4.58. The van der Waals surface area contributed by atoms with E-state index in [0.717, 1.165) is 50.5 Å². The summed E-state index contributed by atoms with van der Waals surface area (Å²) in [4.78, 5) is 31.4. The molecule has 7 heteroatoms. The molecule has 4 rings (SSSR count). The maximum absolute atomic E-state index is 12.7. The van der Waals surface area contributed by atoms with Crippen molar-refractivity contribution in [3.8, 4) is 0 Å². The Kier molecular flexibility index (Phi) is 6.01. The standard InChI is InChI=1S/C21H31N3O4/c1-16-2-3-19(28-16)15-22-6-4-17(5-7-22)13-24-14-18(12-20(24)25)21(26)23-8-10-27-11-9-23/h2-3,17-18H,4-15H2,1H3. The number of carbonyl (C=O) groups excluding carboxylic acids is 2. The Bertz CT molecular complexity index is 690. The van der Waals surface area contributed by atoms with Gasteiger partial charge in [0.05, 0.1) is 25.7 Å². The van der Waals surface area contributed by atoms with E-state index in [9.17, 15) is 9.59 Å². The molecule has 4 heterocycles. The van der Waals surface area contributed by atoms with Gasteiger partial charge < -0.3 is 19.0 Å². The van der Waals surface area contributed by atoms with Crippen LogP contribution in [0.25, 0.3) is 0 Å². The first-order chi connectivity index (χ1) is 13.6. The average molecular weight is 389 g/mol. The number of piperidine rings is 1. The minimum Gasteiger partial charge on any atom is -0.465 e. The smallest absolute Gasteiger partial charge is 0.228 e. The van der Waals surface area contributed by atoms with Gasteiger partial charge in [0.15, 0.2) is 0 Å². The molecule has 3 aliphatic heterocycles. The Labute approximate surface area is 166 Å². The van der Waals surface area contributed by atoms with Crippen molar-refractivity contribution in [2.45, 2.75) is 32.7 Å². The zero-order valence-electron chi connectivity index (χ0n) is 16.8. The monoisotopic (exact) mass is 389 g/mol. The van der Waals surface area contributed by atoms with E-state index < -0.39 is 0 Å². The van der Waals surface area contributed by atoms with Crippen LogP contribution in [-0.4, -0.2) is 79.0 Å². The van der Waals surface area contributed by atoms with Crippen molar-refractivity contribution >= 4 is 11.8 Å². The molecule has 3 aliphatic rings. The number of amides is 2. The average Bonchev–Trinajstić information content (AvgIpc) is 3.29. The van der Waals surface area contributed by atoms with Crippen LogP contribution in [-0.2, 0) is 20.9 Å². The number of nitrogens with zero attached hydrogens (tertiary/aromatic N) is 3. The summed E-state index contributed by atoms with van der Waals surface area (Å²) in [6.45, 7) is 8.78. The van der Waals surface area contributed by atoms with E-state index in [1.807, 2.05) is 22.8 Å². The van der Waals surface area contributed by atoms with Crippen molar-refractivity contribution in [2.75, 3.05) is 52.5 Å². The van der Waals surface area contributed by atoms with Gasteiger partial charge in [-0.3, -0.25) is 14.5 Å². The number of rotatable bonds is 5. The van der Waals surface area contributed by atoms with Crippen molar-refractivity contribution in [1.29, 1.82) is 0 Å². The molecule has 0 saturated carbocycles. The number of likely N-dealkylation sites (tertiary alicyclic amines) is 2. The molecular weight excluding hydrogens is 358 g/mol. The summed E-state index contributed by atoms with van der Waals surface area (Å²) >= 11 is 0. The lowest BCUT2D eigenvalue weighted by molar-refractivity contribution is -0.139. The number of ether oxygens (including phenoxy) is 1. The second-order valence-electron chi connectivity index (χ2n) is 8.37.